The van der Waals surface area contributed by atoms with E-state index >= 15 is 0 Å². The van der Waals surface area contributed by atoms with E-state index in [4.69, 9.17) is 11.6 Å². The minimum absolute atomic E-state index is 0.120. The fourth-order valence-corrected chi connectivity index (χ4v) is 3.60. The zero-order valence-electron chi connectivity index (χ0n) is 13.4. The molecule has 1 saturated heterocycles. The molecular weight excluding hydrogens is 376 g/mol. The van der Waals surface area contributed by atoms with Gasteiger partial charge in [-0.2, -0.15) is 0 Å². The van der Waals surface area contributed by atoms with Gasteiger partial charge in [0.05, 0.1) is 11.6 Å². The fraction of sp³-hybridized carbons (Fsp3) is 0.111. The van der Waals surface area contributed by atoms with E-state index in [1.807, 2.05) is 30.5 Å². The van der Waals surface area contributed by atoms with Gasteiger partial charge >= 0.3 is 0 Å². The molecule has 1 aliphatic rings. The number of hydrogen-bond acceptors (Lipinski definition) is 5. The van der Waals surface area contributed by atoms with Gasteiger partial charge in [0.1, 0.15) is 0 Å². The molecule has 128 valence electrons. The molecule has 0 aliphatic carbocycles. The average molecular weight is 391 g/mol. The van der Waals surface area contributed by atoms with Gasteiger partial charge in [0.15, 0.2) is 0 Å². The highest BCUT2D eigenvalue weighted by Crippen LogP contribution is 2.32. The van der Waals surface area contributed by atoms with Crippen molar-refractivity contribution in [2.24, 2.45) is 0 Å². The molecule has 0 aromatic heterocycles. The number of halogens is 1. The molecule has 25 heavy (non-hydrogen) atoms. The lowest BCUT2D eigenvalue weighted by Gasteiger charge is -2.14. The molecule has 1 aliphatic heterocycles. The van der Waals surface area contributed by atoms with Crippen LogP contribution in [0.5, 0.6) is 0 Å². The van der Waals surface area contributed by atoms with Crippen LogP contribution in [0.25, 0.3) is 6.08 Å². The lowest BCUT2D eigenvalue weighted by atomic mass is 10.2. The van der Waals surface area contributed by atoms with Gasteiger partial charge in [-0.3, -0.25) is 14.5 Å². The second kappa shape index (κ2) is 7.99. The van der Waals surface area contributed by atoms with Crippen LogP contribution >= 0.6 is 35.1 Å². The fourth-order valence-electron chi connectivity index (χ4n) is 2.23. The molecule has 2 aromatic rings. The van der Waals surface area contributed by atoms with Gasteiger partial charge in [-0.15, -0.1) is 11.8 Å². The highest BCUT2D eigenvalue weighted by Gasteiger charge is 2.34. The second-order valence-corrected chi connectivity index (χ2v) is 7.53. The molecule has 2 aromatic carbocycles. The van der Waals surface area contributed by atoms with Crippen LogP contribution in [-0.4, -0.2) is 29.0 Å². The molecule has 1 fully saturated rings. The van der Waals surface area contributed by atoms with Crippen molar-refractivity contribution in [1.82, 2.24) is 4.90 Å². The minimum Gasteiger partial charge on any atom is -0.367 e. The Kier molecular flexibility index (Phi) is 5.73. The van der Waals surface area contributed by atoms with Crippen molar-refractivity contribution in [3.05, 3.63) is 64.0 Å². The number of rotatable bonds is 5. The zero-order chi connectivity index (χ0) is 17.8. The van der Waals surface area contributed by atoms with Gasteiger partial charge in [0.25, 0.3) is 11.1 Å². The highest BCUT2D eigenvalue weighted by atomic mass is 35.5. The number of anilines is 1. The highest BCUT2D eigenvalue weighted by molar-refractivity contribution is 8.18. The maximum Gasteiger partial charge on any atom is 0.295 e. The molecule has 2 amide bonds. The van der Waals surface area contributed by atoms with E-state index in [0.29, 0.717) is 9.93 Å². The number of thioether (sulfide) groups is 2. The Labute approximate surface area is 159 Å². The van der Waals surface area contributed by atoms with Gasteiger partial charge < -0.3 is 5.32 Å². The van der Waals surface area contributed by atoms with E-state index in [-0.39, 0.29) is 17.8 Å². The molecule has 4 nitrogen and oxygen atoms in total. The number of carbonyl (C=O) groups excluding carboxylic acids is 2. The van der Waals surface area contributed by atoms with Crippen molar-refractivity contribution in [3.8, 4) is 0 Å². The molecule has 0 unspecified atom stereocenters. The largest absolute Gasteiger partial charge is 0.367 e. The molecule has 0 atom stereocenters. The Hall–Kier alpha value is -1.89. The number of amides is 2. The topological polar surface area (TPSA) is 49.4 Å². The van der Waals surface area contributed by atoms with Crippen LogP contribution in [0.15, 0.2) is 58.3 Å². The van der Waals surface area contributed by atoms with Crippen molar-refractivity contribution in [3.63, 3.8) is 0 Å². The van der Waals surface area contributed by atoms with Crippen molar-refractivity contribution in [2.75, 3.05) is 18.2 Å². The molecule has 0 spiro atoms. The maximum atomic E-state index is 12.5. The van der Waals surface area contributed by atoms with Crippen LogP contribution in [0.1, 0.15) is 5.56 Å². The number of benzene rings is 2. The number of carbonyl (C=O) groups is 2. The summed E-state index contributed by atoms with van der Waals surface area (Å²) in [6.45, 7) is 0.120. The standard InChI is InChI=1S/C18H15ClN2O2S2/c1-24-15-8-2-12(3-9-15)10-16-17(22)21(18(23)25-16)11-20-14-6-4-13(19)5-7-14/h2-10,20H,11H2,1H3/b16-10-. The van der Waals surface area contributed by atoms with Crippen LogP contribution in [0, 0.1) is 0 Å². The van der Waals surface area contributed by atoms with Crippen molar-refractivity contribution >= 4 is 58.0 Å². The summed E-state index contributed by atoms with van der Waals surface area (Å²) in [5, 5.41) is 3.41. The summed E-state index contributed by atoms with van der Waals surface area (Å²) in [5.74, 6) is -0.287. The summed E-state index contributed by atoms with van der Waals surface area (Å²) >= 11 is 8.45. The van der Waals surface area contributed by atoms with Crippen molar-refractivity contribution in [2.45, 2.75) is 4.90 Å². The monoisotopic (exact) mass is 390 g/mol. The van der Waals surface area contributed by atoms with E-state index in [0.717, 1.165) is 27.9 Å². The summed E-state index contributed by atoms with van der Waals surface area (Å²) in [7, 11) is 0. The Morgan fingerprint density at radius 2 is 1.80 bits per heavy atom. The number of imide groups is 1. The minimum atomic E-state index is -0.287. The summed E-state index contributed by atoms with van der Waals surface area (Å²) in [6, 6.07) is 14.9. The Bertz CT molecular complexity index is 820. The van der Waals surface area contributed by atoms with E-state index in [1.165, 1.54) is 4.90 Å². The zero-order valence-corrected chi connectivity index (χ0v) is 15.8. The first-order valence-corrected chi connectivity index (χ1v) is 9.87. The molecular formula is C18H15ClN2O2S2. The molecule has 0 bridgehead atoms. The van der Waals surface area contributed by atoms with Crippen LogP contribution in [0.4, 0.5) is 10.5 Å². The second-order valence-electron chi connectivity index (χ2n) is 5.22. The van der Waals surface area contributed by atoms with Gasteiger partial charge in [0, 0.05) is 15.6 Å². The quantitative estimate of drug-likeness (QED) is 0.564. The van der Waals surface area contributed by atoms with Gasteiger partial charge in [-0.25, -0.2) is 0 Å². The molecule has 1 N–H and O–H groups in total. The van der Waals surface area contributed by atoms with E-state index in [1.54, 1.807) is 42.1 Å². The van der Waals surface area contributed by atoms with Gasteiger partial charge in [0.2, 0.25) is 0 Å². The predicted molar refractivity (Wildman–Crippen MR) is 106 cm³/mol. The molecule has 1 heterocycles. The van der Waals surface area contributed by atoms with E-state index < -0.39 is 0 Å². The molecule has 0 radical (unpaired) electrons. The first-order valence-electron chi connectivity index (χ1n) is 7.45. The van der Waals surface area contributed by atoms with Crippen LogP contribution < -0.4 is 5.32 Å². The number of hydrogen-bond donors (Lipinski definition) is 1. The third-order valence-electron chi connectivity index (χ3n) is 3.57. The lowest BCUT2D eigenvalue weighted by Crippen LogP contribution is -2.33. The first-order chi connectivity index (χ1) is 12.1. The average Bonchev–Trinajstić information content (AvgIpc) is 2.89. The Balaban J connectivity index is 1.68. The summed E-state index contributed by atoms with van der Waals surface area (Å²) in [6.07, 6.45) is 3.76. The molecule has 7 heteroatoms. The van der Waals surface area contributed by atoms with Gasteiger partial charge in [-0.05, 0) is 66.1 Å². The SMILES string of the molecule is CSc1ccc(/C=C2\SC(=O)N(CNc3ccc(Cl)cc3)C2=O)cc1. The van der Waals surface area contributed by atoms with Crippen LogP contribution in [0.2, 0.25) is 5.02 Å². The maximum absolute atomic E-state index is 12.5. The lowest BCUT2D eigenvalue weighted by molar-refractivity contribution is -0.122. The Morgan fingerprint density at radius 1 is 1.12 bits per heavy atom. The Morgan fingerprint density at radius 3 is 2.44 bits per heavy atom. The third-order valence-corrected chi connectivity index (χ3v) is 5.48. The van der Waals surface area contributed by atoms with E-state index in [9.17, 15) is 9.59 Å². The summed E-state index contributed by atoms with van der Waals surface area (Å²) < 4.78 is 0. The third kappa shape index (κ3) is 4.39. The summed E-state index contributed by atoms with van der Waals surface area (Å²) in [4.78, 5) is 27.4. The number of nitrogens with zero attached hydrogens (tertiary/aromatic N) is 1. The summed E-state index contributed by atoms with van der Waals surface area (Å²) in [5.41, 5.74) is 1.69. The number of nitrogens with one attached hydrogen (secondary N) is 1. The molecule has 3 rings (SSSR count). The first kappa shape index (κ1) is 17.9. The van der Waals surface area contributed by atoms with E-state index in [2.05, 4.69) is 5.32 Å². The van der Waals surface area contributed by atoms with Gasteiger partial charge in [-0.1, -0.05) is 23.7 Å². The van der Waals surface area contributed by atoms with Crippen LogP contribution in [-0.2, 0) is 4.79 Å². The van der Waals surface area contributed by atoms with Crippen molar-refractivity contribution in [1.29, 1.82) is 0 Å². The van der Waals surface area contributed by atoms with Crippen LogP contribution in [0.3, 0.4) is 0 Å². The molecule has 0 saturated carbocycles. The smallest absolute Gasteiger partial charge is 0.295 e. The predicted octanol–water partition coefficient (Wildman–Crippen LogP) is 5.17. The van der Waals surface area contributed by atoms with Crippen molar-refractivity contribution < 1.29 is 9.59 Å². The normalized spacial score (nSPS) is 15.9.